The Hall–Kier alpha value is -2.09. The number of sulfonamides is 1. The van der Waals surface area contributed by atoms with Crippen LogP contribution in [-0.4, -0.2) is 26.7 Å². The molecule has 1 amide bonds. The monoisotopic (exact) mass is 451 g/mol. The largest absolute Gasteiger partial charge is 0.348 e. The van der Waals surface area contributed by atoms with Crippen molar-refractivity contribution in [2.45, 2.75) is 37.1 Å². The minimum absolute atomic E-state index is 0.00967. The Kier molecular flexibility index (Phi) is 5.55. The van der Waals surface area contributed by atoms with E-state index in [0.29, 0.717) is 29.5 Å². The molecule has 29 heavy (non-hydrogen) atoms. The number of hydrogen-bond acceptors (Lipinski definition) is 4. The van der Waals surface area contributed by atoms with E-state index in [1.54, 1.807) is 24.3 Å². The normalized spacial score (nSPS) is 17.6. The second-order valence-electron chi connectivity index (χ2n) is 7.02. The molecule has 0 aliphatic carbocycles. The summed E-state index contributed by atoms with van der Waals surface area (Å²) in [5.74, 6) is 0.0700. The molecule has 0 bridgehead atoms. The molecule has 0 radical (unpaired) electrons. The molecule has 2 aliphatic heterocycles. The summed E-state index contributed by atoms with van der Waals surface area (Å²) in [7, 11) is -3.89. The number of rotatable bonds is 3. The fourth-order valence-electron chi connectivity index (χ4n) is 3.58. The van der Waals surface area contributed by atoms with Crippen molar-refractivity contribution in [3.63, 3.8) is 0 Å². The van der Waals surface area contributed by atoms with Gasteiger partial charge in [-0.25, -0.2) is 0 Å². The molecule has 4 rings (SSSR count). The van der Waals surface area contributed by atoms with Gasteiger partial charge in [-0.2, -0.15) is 8.42 Å². The lowest BCUT2D eigenvalue weighted by atomic mass is 10.1. The molecule has 0 unspecified atom stereocenters. The first-order valence-corrected chi connectivity index (χ1v) is 11.5. The lowest BCUT2D eigenvalue weighted by Crippen LogP contribution is -2.35. The Morgan fingerprint density at radius 3 is 2.69 bits per heavy atom. The summed E-state index contributed by atoms with van der Waals surface area (Å²) < 4.78 is 29.5. The lowest BCUT2D eigenvalue weighted by Gasteiger charge is -2.30. The second-order valence-corrected chi connectivity index (χ2v) is 9.41. The molecule has 1 saturated heterocycles. The van der Waals surface area contributed by atoms with Crippen LogP contribution in [0, 0.1) is 0 Å². The third-order valence-electron chi connectivity index (χ3n) is 5.08. The van der Waals surface area contributed by atoms with Crippen molar-refractivity contribution >= 4 is 50.7 Å². The van der Waals surface area contributed by atoms with E-state index in [2.05, 4.69) is 9.71 Å². The van der Waals surface area contributed by atoms with E-state index in [9.17, 15) is 13.2 Å². The minimum Gasteiger partial charge on any atom is -0.348 e. The molecule has 0 saturated carbocycles. The molecule has 0 atom stereocenters. The maximum Gasteiger partial charge on any atom is 0.286 e. The fourth-order valence-corrected chi connectivity index (χ4v) is 5.30. The maximum absolute atomic E-state index is 12.7. The number of amides is 1. The Morgan fingerprint density at radius 1 is 1.10 bits per heavy atom. The zero-order valence-electron chi connectivity index (χ0n) is 15.5. The van der Waals surface area contributed by atoms with Crippen molar-refractivity contribution in [1.29, 1.82) is 0 Å². The van der Waals surface area contributed by atoms with Crippen LogP contribution in [0.1, 0.15) is 41.6 Å². The van der Waals surface area contributed by atoms with Crippen molar-refractivity contribution in [3.05, 3.63) is 57.6 Å². The van der Waals surface area contributed by atoms with Crippen LogP contribution in [0.5, 0.6) is 0 Å². The van der Waals surface area contributed by atoms with Gasteiger partial charge in [-0.05, 0) is 36.6 Å². The highest BCUT2D eigenvalue weighted by Gasteiger charge is 2.33. The van der Waals surface area contributed by atoms with Crippen LogP contribution in [0.4, 0.5) is 5.69 Å². The van der Waals surface area contributed by atoms with Crippen LogP contribution in [-0.2, 0) is 16.6 Å². The summed E-state index contributed by atoms with van der Waals surface area (Å²) in [6.45, 7) is 0.878. The van der Waals surface area contributed by atoms with Crippen molar-refractivity contribution in [2.75, 3.05) is 11.4 Å². The van der Waals surface area contributed by atoms with Gasteiger partial charge in [0.1, 0.15) is 10.7 Å². The van der Waals surface area contributed by atoms with E-state index in [1.807, 2.05) is 11.0 Å². The van der Waals surface area contributed by atoms with Gasteiger partial charge >= 0.3 is 0 Å². The van der Waals surface area contributed by atoms with Gasteiger partial charge in [0.25, 0.3) is 15.9 Å². The predicted octanol–water partition coefficient (Wildman–Crippen LogP) is 4.40. The summed E-state index contributed by atoms with van der Waals surface area (Å²) in [6.07, 6.45) is 3.46. The van der Waals surface area contributed by atoms with Crippen LogP contribution in [0.15, 0.2) is 45.7 Å². The number of benzene rings is 2. The number of nitrogens with one attached hydrogen (secondary N) is 1. The number of carbonyl (C=O) groups excluding carboxylic acids is 1. The smallest absolute Gasteiger partial charge is 0.286 e. The van der Waals surface area contributed by atoms with Gasteiger partial charge in [0.2, 0.25) is 0 Å². The molecule has 0 aromatic heterocycles. The third kappa shape index (κ3) is 3.99. The molecule has 152 valence electrons. The summed E-state index contributed by atoms with van der Waals surface area (Å²) in [6, 6.07) is 10.0. The Bertz CT molecular complexity index is 1120. The molecule has 2 heterocycles. The number of amidine groups is 1. The minimum atomic E-state index is -3.89. The average Bonchev–Trinajstić information content (AvgIpc) is 2.91. The molecule has 2 aromatic carbocycles. The van der Waals surface area contributed by atoms with E-state index < -0.39 is 15.9 Å². The SMILES string of the molecule is O=C(NCc1ccccc1Cl)c1cc2c(cc1Cl)N1CCCCCC1=NS2(=O)=O. The summed E-state index contributed by atoms with van der Waals surface area (Å²) in [5, 5.41) is 3.48. The fraction of sp³-hybridized carbons (Fsp3) is 0.300. The van der Waals surface area contributed by atoms with Crippen LogP contribution >= 0.6 is 23.2 Å². The molecule has 2 aromatic rings. The van der Waals surface area contributed by atoms with E-state index in [1.165, 1.54) is 6.07 Å². The highest BCUT2D eigenvalue weighted by molar-refractivity contribution is 7.90. The first kappa shape index (κ1) is 20.2. The van der Waals surface area contributed by atoms with Gasteiger partial charge in [-0.3, -0.25) is 4.79 Å². The highest BCUT2D eigenvalue weighted by atomic mass is 35.5. The lowest BCUT2D eigenvalue weighted by molar-refractivity contribution is 0.0951. The predicted molar refractivity (Wildman–Crippen MR) is 115 cm³/mol. The molecule has 1 N–H and O–H groups in total. The summed E-state index contributed by atoms with van der Waals surface area (Å²) in [4.78, 5) is 14.6. The van der Waals surface area contributed by atoms with Gasteiger partial charge in [0.15, 0.2) is 0 Å². The Balaban J connectivity index is 1.66. The number of anilines is 1. The molecule has 6 nitrogen and oxygen atoms in total. The molecule has 9 heteroatoms. The van der Waals surface area contributed by atoms with Crippen LogP contribution in [0.3, 0.4) is 0 Å². The zero-order chi connectivity index (χ0) is 20.6. The van der Waals surface area contributed by atoms with Crippen molar-refractivity contribution in [2.24, 2.45) is 4.40 Å². The molecular formula is C20H19Cl2N3O3S. The van der Waals surface area contributed by atoms with Crippen molar-refractivity contribution in [1.82, 2.24) is 5.32 Å². The van der Waals surface area contributed by atoms with Gasteiger partial charge in [-0.15, -0.1) is 4.40 Å². The van der Waals surface area contributed by atoms with Crippen LogP contribution < -0.4 is 10.2 Å². The quantitative estimate of drug-likeness (QED) is 0.749. The van der Waals surface area contributed by atoms with Crippen LogP contribution in [0.25, 0.3) is 0 Å². The van der Waals surface area contributed by atoms with Gasteiger partial charge in [0, 0.05) is 24.5 Å². The van der Waals surface area contributed by atoms with E-state index >= 15 is 0 Å². The molecule has 1 fully saturated rings. The standard InChI is InChI=1S/C20H19Cl2N3O3S/c21-15-7-4-3-6-13(15)12-23-20(26)14-10-18-17(11-16(14)22)25-9-5-1-2-8-19(25)24-29(18,27)28/h3-4,6-7,10-11H,1-2,5,8-9,12H2,(H,23,26). The Labute approximate surface area is 179 Å². The second kappa shape index (κ2) is 7.97. The number of carbonyl (C=O) groups is 1. The number of fused-ring (bicyclic) bond motifs is 3. The third-order valence-corrected chi connectivity index (χ3v) is 7.09. The van der Waals surface area contributed by atoms with E-state index in [-0.39, 0.29) is 22.0 Å². The summed E-state index contributed by atoms with van der Waals surface area (Å²) in [5.41, 5.74) is 1.34. The highest BCUT2D eigenvalue weighted by Crippen LogP contribution is 2.37. The number of hydrogen-bond donors (Lipinski definition) is 1. The van der Waals surface area contributed by atoms with Crippen molar-refractivity contribution in [3.8, 4) is 0 Å². The van der Waals surface area contributed by atoms with E-state index in [0.717, 1.165) is 24.8 Å². The Morgan fingerprint density at radius 2 is 1.90 bits per heavy atom. The summed E-state index contributed by atoms with van der Waals surface area (Å²) >= 11 is 12.5. The zero-order valence-corrected chi connectivity index (χ0v) is 17.8. The van der Waals surface area contributed by atoms with Gasteiger partial charge in [-0.1, -0.05) is 47.8 Å². The topological polar surface area (TPSA) is 78.8 Å². The molecule has 2 aliphatic rings. The maximum atomic E-state index is 12.7. The average molecular weight is 452 g/mol. The molecule has 0 spiro atoms. The molecular weight excluding hydrogens is 433 g/mol. The van der Waals surface area contributed by atoms with E-state index in [4.69, 9.17) is 23.2 Å². The van der Waals surface area contributed by atoms with Gasteiger partial charge < -0.3 is 10.2 Å². The number of nitrogens with zero attached hydrogens (tertiary/aromatic N) is 2. The first-order valence-electron chi connectivity index (χ1n) is 9.33. The number of halogens is 2. The first-order chi connectivity index (χ1) is 13.9. The van der Waals surface area contributed by atoms with Crippen molar-refractivity contribution < 1.29 is 13.2 Å². The van der Waals surface area contributed by atoms with Gasteiger partial charge in [0.05, 0.1) is 16.3 Å². The van der Waals surface area contributed by atoms with Crippen LogP contribution in [0.2, 0.25) is 10.0 Å².